The summed E-state index contributed by atoms with van der Waals surface area (Å²) in [5.74, 6) is 0.444. The molecule has 0 atom stereocenters. The molecular weight excluding hydrogens is 276 g/mol. The minimum Gasteiger partial charge on any atom is -0.497 e. The van der Waals surface area contributed by atoms with Crippen LogP contribution in [0.15, 0.2) is 23.1 Å². The van der Waals surface area contributed by atoms with E-state index < -0.39 is 16.1 Å². The lowest BCUT2D eigenvalue weighted by molar-refractivity contribution is 0.169. The minimum atomic E-state index is -4.01. The number of hydrazine groups is 1. The monoisotopic (exact) mass is 290 g/mol. The summed E-state index contributed by atoms with van der Waals surface area (Å²) in [6.45, 7) is 0. The molecule has 0 heterocycles. The van der Waals surface area contributed by atoms with E-state index in [9.17, 15) is 13.2 Å². The number of carbonyl (C=O) groups is 1. The van der Waals surface area contributed by atoms with Crippen LogP contribution in [0, 0.1) is 0 Å². The standard InChI is InChI=1S/C10H14N2O6S/c1-16-7-4-5-8(17-2)9(6-7)19(14,15)12-11-10(13)18-3/h4-6,12H,1-3H3,(H,11,13). The van der Waals surface area contributed by atoms with Crippen molar-refractivity contribution in [3.8, 4) is 11.5 Å². The Bertz CT molecular complexity index is 557. The van der Waals surface area contributed by atoms with Gasteiger partial charge in [0, 0.05) is 6.07 Å². The minimum absolute atomic E-state index is 0.111. The maximum absolute atomic E-state index is 12.0. The summed E-state index contributed by atoms with van der Waals surface area (Å²) in [7, 11) is -0.172. The molecule has 0 aliphatic rings. The van der Waals surface area contributed by atoms with E-state index in [0.29, 0.717) is 5.75 Å². The quantitative estimate of drug-likeness (QED) is 0.754. The second-order valence-corrected chi connectivity index (χ2v) is 4.89. The van der Waals surface area contributed by atoms with Crippen LogP contribution in [0.5, 0.6) is 11.5 Å². The lowest BCUT2D eigenvalue weighted by atomic mass is 10.3. The Labute approximate surface area is 110 Å². The van der Waals surface area contributed by atoms with Gasteiger partial charge in [-0.3, -0.25) is 0 Å². The van der Waals surface area contributed by atoms with E-state index in [0.717, 1.165) is 7.11 Å². The fourth-order valence-electron chi connectivity index (χ4n) is 1.21. The van der Waals surface area contributed by atoms with Crippen LogP contribution >= 0.6 is 0 Å². The molecule has 0 saturated heterocycles. The highest BCUT2D eigenvalue weighted by Crippen LogP contribution is 2.27. The number of nitrogens with one attached hydrogen (secondary N) is 2. The summed E-state index contributed by atoms with van der Waals surface area (Å²) in [5.41, 5.74) is 1.86. The Balaban J connectivity index is 3.08. The van der Waals surface area contributed by atoms with Gasteiger partial charge in [0.05, 0.1) is 21.3 Å². The fourth-order valence-corrected chi connectivity index (χ4v) is 2.22. The van der Waals surface area contributed by atoms with E-state index in [-0.39, 0.29) is 10.6 Å². The highest BCUT2D eigenvalue weighted by molar-refractivity contribution is 7.89. The number of methoxy groups -OCH3 is 3. The van der Waals surface area contributed by atoms with Crippen LogP contribution in [0.25, 0.3) is 0 Å². The smallest absolute Gasteiger partial charge is 0.422 e. The molecule has 106 valence electrons. The molecule has 2 N–H and O–H groups in total. The van der Waals surface area contributed by atoms with Gasteiger partial charge >= 0.3 is 6.09 Å². The van der Waals surface area contributed by atoms with Crippen LogP contribution in [-0.2, 0) is 14.8 Å². The summed E-state index contributed by atoms with van der Waals surface area (Å²) in [5, 5.41) is 0. The first-order chi connectivity index (χ1) is 8.94. The lowest BCUT2D eigenvalue weighted by Gasteiger charge is -2.12. The van der Waals surface area contributed by atoms with Crippen LogP contribution in [0.1, 0.15) is 0 Å². The molecule has 1 rings (SSSR count). The Morgan fingerprint density at radius 3 is 2.37 bits per heavy atom. The van der Waals surface area contributed by atoms with E-state index in [2.05, 4.69) is 4.74 Å². The summed E-state index contributed by atoms with van der Waals surface area (Å²) in [6, 6.07) is 4.25. The number of ether oxygens (including phenoxy) is 3. The van der Waals surface area contributed by atoms with Crippen molar-refractivity contribution < 1.29 is 27.4 Å². The molecule has 1 aromatic rings. The predicted octanol–water partition coefficient (Wildman–Crippen LogP) is 0.253. The first-order valence-corrected chi connectivity index (χ1v) is 6.50. The first kappa shape index (κ1) is 15.1. The van der Waals surface area contributed by atoms with Crippen molar-refractivity contribution in [1.82, 2.24) is 10.3 Å². The lowest BCUT2D eigenvalue weighted by Crippen LogP contribution is -2.41. The summed E-state index contributed by atoms with van der Waals surface area (Å²) in [6.07, 6.45) is -0.939. The average Bonchev–Trinajstić information content (AvgIpc) is 2.43. The van der Waals surface area contributed by atoms with Gasteiger partial charge in [0.2, 0.25) is 0 Å². The molecule has 9 heteroatoms. The normalized spacial score (nSPS) is 10.7. The number of benzene rings is 1. The number of hydrogen-bond donors (Lipinski definition) is 2. The average molecular weight is 290 g/mol. The highest BCUT2D eigenvalue weighted by Gasteiger charge is 2.21. The van der Waals surface area contributed by atoms with Gasteiger partial charge in [-0.2, -0.15) is 0 Å². The second-order valence-electron chi connectivity index (χ2n) is 3.24. The molecule has 0 aliphatic heterocycles. The Hall–Kier alpha value is -2.00. The van der Waals surface area contributed by atoms with Crippen LogP contribution in [0.2, 0.25) is 0 Å². The Kier molecular flexibility index (Phi) is 4.95. The van der Waals surface area contributed by atoms with Crippen LogP contribution in [0.4, 0.5) is 4.79 Å². The Morgan fingerprint density at radius 2 is 1.84 bits per heavy atom. The first-order valence-electron chi connectivity index (χ1n) is 5.02. The zero-order valence-electron chi connectivity index (χ0n) is 10.6. The van der Waals surface area contributed by atoms with Crippen LogP contribution in [-0.4, -0.2) is 35.8 Å². The molecule has 19 heavy (non-hydrogen) atoms. The summed E-state index contributed by atoms with van der Waals surface area (Å²) < 4.78 is 38.1. The zero-order chi connectivity index (χ0) is 14.5. The predicted molar refractivity (Wildman–Crippen MR) is 65.4 cm³/mol. The number of sulfonamides is 1. The van der Waals surface area contributed by atoms with Crippen molar-refractivity contribution in [1.29, 1.82) is 0 Å². The third-order valence-corrected chi connectivity index (χ3v) is 3.40. The highest BCUT2D eigenvalue weighted by atomic mass is 32.2. The molecule has 0 unspecified atom stereocenters. The Morgan fingerprint density at radius 1 is 1.16 bits per heavy atom. The molecule has 0 radical (unpaired) electrons. The van der Waals surface area contributed by atoms with Crippen LogP contribution < -0.4 is 19.7 Å². The molecule has 0 fully saturated rings. The van der Waals surface area contributed by atoms with Gasteiger partial charge < -0.3 is 14.2 Å². The van der Waals surface area contributed by atoms with E-state index in [1.165, 1.54) is 26.4 Å². The SMILES string of the molecule is COC(=O)NNS(=O)(=O)c1cc(OC)ccc1OC. The second kappa shape index (κ2) is 6.25. The molecule has 0 bridgehead atoms. The van der Waals surface area contributed by atoms with Crippen molar-refractivity contribution in [2.24, 2.45) is 0 Å². The molecule has 0 aromatic heterocycles. The van der Waals surface area contributed by atoms with Crippen molar-refractivity contribution in [2.45, 2.75) is 4.90 Å². The molecular formula is C10H14N2O6S. The number of carbonyl (C=O) groups excluding carboxylic acids is 1. The van der Waals surface area contributed by atoms with Gasteiger partial charge in [-0.05, 0) is 12.1 Å². The van der Waals surface area contributed by atoms with Crippen molar-refractivity contribution in [3.63, 3.8) is 0 Å². The fraction of sp³-hybridized carbons (Fsp3) is 0.300. The molecule has 8 nitrogen and oxygen atoms in total. The van der Waals surface area contributed by atoms with Gasteiger partial charge in [-0.15, -0.1) is 4.83 Å². The van der Waals surface area contributed by atoms with Gasteiger partial charge in [-0.25, -0.2) is 18.6 Å². The van der Waals surface area contributed by atoms with Crippen molar-refractivity contribution >= 4 is 16.1 Å². The third-order valence-electron chi connectivity index (χ3n) is 2.13. The summed E-state index contributed by atoms with van der Waals surface area (Å²) >= 11 is 0. The third kappa shape index (κ3) is 3.73. The van der Waals surface area contributed by atoms with E-state index in [4.69, 9.17) is 9.47 Å². The maximum Gasteiger partial charge on any atom is 0.422 e. The summed E-state index contributed by atoms with van der Waals surface area (Å²) in [4.78, 5) is 12.5. The van der Waals surface area contributed by atoms with Crippen molar-refractivity contribution in [2.75, 3.05) is 21.3 Å². The van der Waals surface area contributed by atoms with Gasteiger partial charge in [0.1, 0.15) is 16.4 Å². The van der Waals surface area contributed by atoms with E-state index in [1.807, 2.05) is 10.3 Å². The van der Waals surface area contributed by atoms with Crippen molar-refractivity contribution in [3.05, 3.63) is 18.2 Å². The van der Waals surface area contributed by atoms with E-state index in [1.54, 1.807) is 6.07 Å². The number of amides is 1. The maximum atomic E-state index is 12.0. The topological polar surface area (TPSA) is 103 Å². The van der Waals surface area contributed by atoms with Crippen LogP contribution in [0.3, 0.4) is 0 Å². The van der Waals surface area contributed by atoms with Gasteiger partial charge in [0.15, 0.2) is 0 Å². The molecule has 0 spiro atoms. The molecule has 1 amide bonds. The van der Waals surface area contributed by atoms with E-state index >= 15 is 0 Å². The largest absolute Gasteiger partial charge is 0.497 e. The number of hydrogen-bond acceptors (Lipinski definition) is 6. The molecule has 0 aliphatic carbocycles. The zero-order valence-corrected chi connectivity index (χ0v) is 11.4. The van der Waals surface area contributed by atoms with Gasteiger partial charge in [0.25, 0.3) is 10.0 Å². The molecule has 1 aromatic carbocycles. The number of rotatable bonds is 5. The molecule has 0 saturated carbocycles. The van der Waals surface area contributed by atoms with Gasteiger partial charge in [-0.1, -0.05) is 0 Å².